The predicted molar refractivity (Wildman–Crippen MR) is 89.6 cm³/mol. The molecule has 1 aliphatic carbocycles. The highest BCUT2D eigenvalue weighted by Crippen LogP contribution is 2.39. The molecule has 3 unspecified atom stereocenters. The highest BCUT2D eigenvalue weighted by molar-refractivity contribution is 5.37. The van der Waals surface area contributed by atoms with Crippen LogP contribution < -0.4 is 10.5 Å². The van der Waals surface area contributed by atoms with E-state index in [1.165, 1.54) is 30.4 Å². The van der Waals surface area contributed by atoms with Crippen molar-refractivity contribution in [2.75, 3.05) is 13.7 Å². The van der Waals surface area contributed by atoms with E-state index < -0.39 is 0 Å². The fourth-order valence-electron chi connectivity index (χ4n) is 3.88. The Labute approximate surface area is 130 Å². The smallest absolute Gasteiger partial charge is 0.122 e. The zero-order valence-electron chi connectivity index (χ0n) is 14.1. The summed E-state index contributed by atoms with van der Waals surface area (Å²) in [5.74, 6) is 4.04. The van der Waals surface area contributed by atoms with Gasteiger partial charge in [0.2, 0.25) is 0 Å². The Bertz CT molecular complexity index is 455. The van der Waals surface area contributed by atoms with E-state index >= 15 is 0 Å². The number of methoxy groups -OCH3 is 1. The van der Waals surface area contributed by atoms with Crippen molar-refractivity contribution in [1.82, 2.24) is 0 Å². The molecule has 0 aliphatic heterocycles. The quantitative estimate of drug-likeness (QED) is 0.882. The highest BCUT2D eigenvalue weighted by atomic mass is 16.5. The zero-order chi connectivity index (χ0) is 15.4. The largest absolute Gasteiger partial charge is 0.496 e. The molecule has 118 valence electrons. The van der Waals surface area contributed by atoms with Crippen LogP contribution in [0.4, 0.5) is 0 Å². The molecule has 0 bridgehead atoms. The minimum absolute atomic E-state index is 0.671. The van der Waals surface area contributed by atoms with Crippen LogP contribution in [0.5, 0.6) is 5.75 Å². The van der Waals surface area contributed by atoms with Crippen LogP contribution in [0.2, 0.25) is 0 Å². The third kappa shape index (κ3) is 4.00. The maximum Gasteiger partial charge on any atom is 0.122 e. The highest BCUT2D eigenvalue weighted by Gasteiger charge is 2.31. The van der Waals surface area contributed by atoms with Gasteiger partial charge in [-0.15, -0.1) is 0 Å². The predicted octanol–water partition coefficient (Wildman–Crippen LogP) is 4.19. The average molecular weight is 289 g/mol. The maximum atomic E-state index is 6.04. The van der Waals surface area contributed by atoms with Crippen molar-refractivity contribution in [3.05, 3.63) is 29.3 Å². The van der Waals surface area contributed by atoms with Gasteiger partial charge in [-0.1, -0.05) is 31.5 Å². The van der Waals surface area contributed by atoms with Crippen molar-refractivity contribution in [2.24, 2.45) is 29.4 Å². The average Bonchev–Trinajstić information content (AvgIpc) is 2.47. The second kappa shape index (κ2) is 7.31. The van der Waals surface area contributed by atoms with E-state index in [2.05, 4.69) is 39.0 Å². The number of hydrogen-bond acceptors (Lipinski definition) is 2. The van der Waals surface area contributed by atoms with Crippen molar-refractivity contribution in [3.8, 4) is 5.75 Å². The van der Waals surface area contributed by atoms with E-state index in [1.54, 1.807) is 7.11 Å². The second-order valence-corrected chi connectivity index (χ2v) is 7.09. The summed E-state index contributed by atoms with van der Waals surface area (Å²) in [5, 5.41) is 0. The normalized spacial score (nSPS) is 26.1. The van der Waals surface area contributed by atoms with Gasteiger partial charge in [-0.3, -0.25) is 0 Å². The Morgan fingerprint density at radius 2 is 2.00 bits per heavy atom. The summed E-state index contributed by atoms with van der Waals surface area (Å²) in [6.45, 7) is 7.69. The Morgan fingerprint density at radius 1 is 1.24 bits per heavy atom. The van der Waals surface area contributed by atoms with Crippen LogP contribution >= 0.6 is 0 Å². The second-order valence-electron chi connectivity index (χ2n) is 7.09. The molecule has 2 N–H and O–H groups in total. The first-order valence-corrected chi connectivity index (χ1v) is 8.38. The molecule has 1 aliphatic rings. The van der Waals surface area contributed by atoms with E-state index in [1.807, 2.05) is 0 Å². The number of nitrogens with two attached hydrogens (primary N) is 1. The summed E-state index contributed by atoms with van der Waals surface area (Å²) in [5.41, 5.74) is 8.70. The van der Waals surface area contributed by atoms with Crippen LogP contribution in [-0.4, -0.2) is 13.7 Å². The topological polar surface area (TPSA) is 35.2 Å². The lowest BCUT2D eigenvalue weighted by Gasteiger charge is -2.37. The SMILES string of the molecule is COc1ccc(C)cc1CC1CC(C(C)C)CCC1CN. The van der Waals surface area contributed by atoms with E-state index in [4.69, 9.17) is 10.5 Å². The number of ether oxygens (including phenoxy) is 1. The fourth-order valence-corrected chi connectivity index (χ4v) is 3.88. The molecule has 2 nitrogen and oxygen atoms in total. The van der Waals surface area contributed by atoms with Crippen LogP contribution in [0.1, 0.15) is 44.2 Å². The van der Waals surface area contributed by atoms with Gasteiger partial charge in [0.25, 0.3) is 0 Å². The molecule has 1 fully saturated rings. The lowest BCUT2D eigenvalue weighted by atomic mass is 9.68. The molecule has 0 spiro atoms. The van der Waals surface area contributed by atoms with E-state index in [0.29, 0.717) is 11.8 Å². The van der Waals surface area contributed by atoms with Gasteiger partial charge in [0, 0.05) is 0 Å². The molecule has 0 amide bonds. The van der Waals surface area contributed by atoms with Crippen molar-refractivity contribution >= 4 is 0 Å². The summed E-state index contributed by atoms with van der Waals surface area (Å²) in [4.78, 5) is 0. The Hall–Kier alpha value is -1.02. The van der Waals surface area contributed by atoms with Gasteiger partial charge in [-0.2, -0.15) is 0 Å². The first-order chi connectivity index (χ1) is 10.0. The Kier molecular flexibility index (Phi) is 5.69. The molecule has 1 aromatic rings. The molecule has 1 saturated carbocycles. The van der Waals surface area contributed by atoms with E-state index in [0.717, 1.165) is 30.6 Å². The summed E-state index contributed by atoms with van der Waals surface area (Å²) in [7, 11) is 1.77. The molecular weight excluding hydrogens is 258 g/mol. The van der Waals surface area contributed by atoms with Crippen LogP contribution in [0, 0.1) is 30.6 Å². The molecule has 2 rings (SSSR count). The summed E-state index contributed by atoms with van der Waals surface area (Å²) < 4.78 is 5.55. The monoisotopic (exact) mass is 289 g/mol. The minimum Gasteiger partial charge on any atom is -0.496 e. The van der Waals surface area contributed by atoms with E-state index in [9.17, 15) is 0 Å². The van der Waals surface area contributed by atoms with E-state index in [-0.39, 0.29) is 0 Å². The molecule has 21 heavy (non-hydrogen) atoms. The van der Waals surface area contributed by atoms with Gasteiger partial charge in [0.15, 0.2) is 0 Å². The van der Waals surface area contributed by atoms with Crippen molar-refractivity contribution in [3.63, 3.8) is 0 Å². The third-order valence-electron chi connectivity index (χ3n) is 5.34. The van der Waals surface area contributed by atoms with Crippen molar-refractivity contribution in [1.29, 1.82) is 0 Å². The third-order valence-corrected chi connectivity index (χ3v) is 5.34. The van der Waals surface area contributed by atoms with Crippen molar-refractivity contribution < 1.29 is 4.74 Å². The maximum absolute atomic E-state index is 6.04. The lowest BCUT2D eigenvalue weighted by Crippen LogP contribution is -2.33. The zero-order valence-corrected chi connectivity index (χ0v) is 14.1. The number of benzene rings is 1. The van der Waals surface area contributed by atoms with Gasteiger partial charge in [-0.25, -0.2) is 0 Å². The van der Waals surface area contributed by atoms with Crippen LogP contribution in [0.25, 0.3) is 0 Å². The number of aryl methyl sites for hydroxylation is 1. The molecule has 0 radical (unpaired) electrons. The van der Waals surface area contributed by atoms with Gasteiger partial charge in [-0.05, 0) is 74.5 Å². The van der Waals surface area contributed by atoms with Gasteiger partial charge in [0.1, 0.15) is 5.75 Å². The van der Waals surface area contributed by atoms with Gasteiger partial charge in [0.05, 0.1) is 7.11 Å². The molecule has 0 saturated heterocycles. The van der Waals surface area contributed by atoms with Gasteiger partial charge >= 0.3 is 0 Å². The summed E-state index contributed by atoms with van der Waals surface area (Å²) in [6, 6.07) is 6.51. The van der Waals surface area contributed by atoms with Crippen LogP contribution in [0.3, 0.4) is 0 Å². The molecule has 2 heteroatoms. The molecule has 3 atom stereocenters. The molecule has 0 heterocycles. The fraction of sp³-hybridized carbons (Fsp3) is 0.684. The minimum atomic E-state index is 0.671. The van der Waals surface area contributed by atoms with Crippen molar-refractivity contribution in [2.45, 2.75) is 46.5 Å². The first kappa shape index (κ1) is 16.4. The molecular formula is C19H31NO. The molecule has 1 aromatic carbocycles. The molecule has 0 aromatic heterocycles. The lowest BCUT2D eigenvalue weighted by molar-refractivity contribution is 0.150. The number of rotatable bonds is 5. The summed E-state index contributed by atoms with van der Waals surface area (Å²) >= 11 is 0. The van der Waals surface area contributed by atoms with Crippen LogP contribution in [-0.2, 0) is 6.42 Å². The van der Waals surface area contributed by atoms with Gasteiger partial charge < -0.3 is 10.5 Å². The first-order valence-electron chi connectivity index (χ1n) is 8.38. The number of hydrogen-bond donors (Lipinski definition) is 1. The van der Waals surface area contributed by atoms with Crippen LogP contribution in [0.15, 0.2) is 18.2 Å². The standard InChI is InChI=1S/C19H31NO/c1-13(2)15-6-7-16(12-20)17(10-15)11-18-9-14(3)5-8-19(18)21-4/h5,8-9,13,15-17H,6-7,10-12,20H2,1-4H3. The summed E-state index contributed by atoms with van der Waals surface area (Å²) in [6.07, 6.45) is 5.06. The Balaban J connectivity index is 2.16. The Morgan fingerprint density at radius 3 is 2.62 bits per heavy atom.